The van der Waals surface area contributed by atoms with E-state index in [9.17, 15) is 18.0 Å². The Hall–Kier alpha value is -1.76. The Labute approximate surface area is 115 Å². The van der Waals surface area contributed by atoms with Crippen LogP contribution in [0.3, 0.4) is 0 Å². The van der Waals surface area contributed by atoms with Crippen LogP contribution in [-0.4, -0.2) is 20.5 Å². The molecule has 1 aliphatic carbocycles. The summed E-state index contributed by atoms with van der Waals surface area (Å²) in [5.74, 6) is -1.38. The van der Waals surface area contributed by atoms with Gasteiger partial charge in [0, 0.05) is 12.4 Å². The zero-order valence-electron chi connectivity index (χ0n) is 9.91. The third kappa shape index (κ3) is 1.93. The van der Waals surface area contributed by atoms with E-state index in [1.54, 1.807) is 0 Å². The van der Waals surface area contributed by atoms with Gasteiger partial charge in [0.1, 0.15) is 11.2 Å². The molecule has 2 aromatic heterocycles. The number of aromatic nitrogens is 2. The molecule has 0 amide bonds. The van der Waals surface area contributed by atoms with E-state index in [0.29, 0.717) is 12.8 Å². The van der Waals surface area contributed by atoms with Gasteiger partial charge in [-0.1, -0.05) is 0 Å². The van der Waals surface area contributed by atoms with E-state index in [2.05, 4.69) is 4.98 Å². The van der Waals surface area contributed by atoms with E-state index in [4.69, 9.17) is 16.7 Å². The fraction of sp³-hybridized carbons (Fsp3) is 0.333. The zero-order chi connectivity index (χ0) is 14.7. The molecule has 20 heavy (non-hydrogen) atoms. The van der Waals surface area contributed by atoms with Crippen LogP contribution in [0.25, 0.3) is 5.65 Å². The maximum atomic E-state index is 13.3. The second-order valence-electron chi connectivity index (χ2n) is 4.73. The number of halogens is 4. The van der Waals surface area contributed by atoms with Crippen LogP contribution >= 0.6 is 11.6 Å². The largest absolute Gasteiger partial charge is 0.476 e. The number of aromatic carboxylic acids is 1. The summed E-state index contributed by atoms with van der Waals surface area (Å²) in [4.78, 5) is 13.4. The highest BCUT2D eigenvalue weighted by molar-refractivity contribution is 6.26. The first-order valence-electron chi connectivity index (χ1n) is 5.74. The van der Waals surface area contributed by atoms with Gasteiger partial charge in [0.2, 0.25) is 0 Å². The number of carboxylic acids is 1. The first kappa shape index (κ1) is 13.2. The van der Waals surface area contributed by atoms with Crippen LogP contribution in [0.4, 0.5) is 13.2 Å². The second-order valence-corrected chi connectivity index (χ2v) is 5.45. The third-order valence-electron chi connectivity index (χ3n) is 3.30. The molecule has 1 fully saturated rings. The lowest BCUT2D eigenvalue weighted by molar-refractivity contribution is -0.137. The van der Waals surface area contributed by atoms with Gasteiger partial charge < -0.3 is 9.51 Å². The number of carbonyl (C=O) groups is 1. The van der Waals surface area contributed by atoms with Crippen LogP contribution < -0.4 is 0 Å². The highest BCUT2D eigenvalue weighted by Crippen LogP contribution is 2.55. The van der Waals surface area contributed by atoms with Crippen LogP contribution in [0.1, 0.15) is 34.5 Å². The SMILES string of the molecule is O=C(O)c1cn2ccc(C3(Cl)CC3)c(C(F)(F)F)c2n1. The molecule has 106 valence electrons. The van der Waals surface area contributed by atoms with Crippen molar-refractivity contribution in [1.82, 2.24) is 9.38 Å². The molecule has 1 saturated carbocycles. The molecule has 1 N–H and O–H groups in total. The van der Waals surface area contributed by atoms with Gasteiger partial charge in [-0.3, -0.25) is 0 Å². The number of hydrogen-bond acceptors (Lipinski definition) is 2. The monoisotopic (exact) mass is 304 g/mol. The molecule has 0 aromatic carbocycles. The van der Waals surface area contributed by atoms with Crippen molar-refractivity contribution in [2.75, 3.05) is 0 Å². The highest BCUT2D eigenvalue weighted by atomic mass is 35.5. The standard InChI is InChI=1S/C12H8ClF3N2O2/c13-11(2-3-11)6-1-4-18-5-7(10(19)20)17-9(18)8(6)12(14,15)16/h1,4-5H,2-3H2,(H,19,20). The van der Waals surface area contributed by atoms with E-state index in [-0.39, 0.29) is 5.56 Å². The summed E-state index contributed by atoms with van der Waals surface area (Å²) < 4.78 is 40.9. The summed E-state index contributed by atoms with van der Waals surface area (Å²) in [5, 5.41) is 8.84. The molecule has 0 atom stereocenters. The summed E-state index contributed by atoms with van der Waals surface area (Å²) in [6.45, 7) is 0. The van der Waals surface area contributed by atoms with Crippen molar-refractivity contribution in [3.05, 3.63) is 35.3 Å². The summed E-state index contributed by atoms with van der Waals surface area (Å²) in [6.07, 6.45) is -1.34. The number of pyridine rings is 1. The van der Waals surface area contributed by atoms with Crippen molar-refractivity contribution >= 4 is 23.2 Å². The highest BCUT2D eigenvalue weighted by Gasteiger charge is 2.49. The lowest BCUT2D eigenvalue weighted by atomic mass is 10.0. The van der Waals surface area contributed by atoms with Gasteiger partial charge in [-0.2, -0.15) is 13.2 Å². The van der Waals surface area contributed by atoms with Gasteiger partial charge in [-0.05, 0) is 24.5 Å². The Morgan fingerprint density at radius 2 is 2.10 bits per heavy atom. The molecule has 2 heterocycles. The summed E-state index contributed by atoms with van der Waals surface area (Å²) in [6, 6.07) is 1.28. The first-order chi connectivity index (χ1) is 9.22. The minimum Gasteiger partial charge on any atom is -0.476 e. The maximum Gasteiger partial charge on any atom is 0.420 e. The van der Waals surface area contributed by atoms with Crippen molar-refractivity contribution in [2.24, 2.45) is 0 Å². The van der Waals surface area contributed by atoms with Crippen molar-refractivity contribution in [3.8, 4) is 0 Å². The van der Waals surface area contributed by atoms with Crippen LogP contribution in [0, 0.1) is 0 Å². The number of imidazole rings is 1. The topological polar surface area (TPSA) is 54.6 Å². The molecular weight excluding hydrogens is 297 g/mol. The fourth-order valence-electron chi connectivity index (χ4n) is 2.19. The number of carboxylic acid groups (broad SMARTS) is 1. The molecule has 1 aliphatic rings. The summed E-state index contributed by atoms with van der Waals surface area (Å²) in [7, 11) is 0. The number of nitrogens with zero attached hydrogens (tertiary/aromatic N) is 2. The lowest BCUT2D eigenvalue weighted by Gasteiger charge is -2.16. The second kappa shape index (κ2) is 3.88. The Bertz CT molecular complexity index is 719. The average Bonchev–Trinajstić information content (AvgIpc) is 2.93. The molecular formula is C12H8ClF3N2O2. The summed E-state index contributed by atoms with van der Waals surface area (Å²) in [5.41, 5.74) is -1.87. The molecule has 0 radical (unpaired) electrons. The third-order valence-corrected chi connectivity index (χ3v) is 3.88. The Balaban J connectivity index is 2.34. The molecule has 0 spiro atoms. The Morgan fingerprint density at radius 1 is 1.45 bits per heavy atom. The zero-order valence-corrected chi connectivity index (χ0v) is 10.7. The summed E-state index contributed by atoms with van der Waals surface area (Å²) >= 11 is 6.10. The van der Waals surface area contributed by atoms with E-state index in [1.807, 2.05) is 0 Å². The molecule has 3 rings (SSSR count). The molecule has 0 saturated heterocycles. The van der Waals surface area contributed by atoms with E-state index >= 15 is 0 Å². The van der Waals surface area contributed by atoms with Crippen molar-refractivity contribution < 1.29 is 23.1 Å². The quantitative estimate of drug-likeness (QED) is 0.866. The van der Waals surface area contributed by atoms with Crippen molar-refractivity contribution in [3.63, 3.8) is 0 Å². The van der Waals surface area contributed by atoms with Crippen LogP contribution in [0.5, 0.6) is 0 Å². The lowest BCUT2D eigenvalue weighted by Crippen LogP contribution is -2.15. The minimum absolute atomic E-state index is 0.0401. The number of alkyl halides is 4. The van der Waals surface area contributed by atoms with Gasteiger partial charge in [-0.15, -0.1) is 11.6 Å². The van der Waals surface area contributed by atoms with E-state index in [1.165, 1.54) is 12.3 Å². The van der Waals surface area contributed by atoms with Crippen molar-refractivity contribution in [1.29, 1.82) is 0 Å². The Kier molecular flexibility index (Phi) is 2.57. The number of hydrogen-bond donors (Lipinski definition) is 1. The van der Waals surface area contributed by atoms with Crippen LogP contribution in [-0.2, 0) is 11.1 Å². The molecule has 0 aliphatic heterocycles. The molecule has 0 bridgehead atoms. The predicted octanol–water partition coefficient (Wildman–Crippen LogP) is 3.28. The smallest absolute Gasteiger partial charge is 0.420 e. The van der Waals surface area contributed by atoms with E-state index in [0.717, 1.165) is 10.6 Å². The number of rotatable bonds is 2. The molecule has 2 aromatic rings. The van der Waals surface area contributed by atoms with Crippen LogP contribution in [0.15, 0.2) is 18.5 Å². The van der Waals surface area contributed by atoms with Crippen molar-refractivity contribution in [2.45, 2.75) is 23.9 Å². The fourth-order valence-corrected chi connectivity index (χ4v) is 2.44. The predicted molar refractivity (Wildman–Crippen MR) is 63.9 cm³/mol. The van der Waals surface area contributed by atoms with Gasteiger partial charge in [0.05, 0.1) is 4.87 Å². The first-order valence-corrected chi connectivity index (χ1v) is 6.12. The molecule has 8 heteroatoms. The van der Waals surface area contributed by atoms with Gasteiger partial charge in [0.25, 0.3) is 0 Å². The van der Waals surface area contributed by atoms with Crippen LogP contribution in [0.2, 0.25) is 0 Å². The molecule has 4 nitrogen and oxygen atoms in total. The van der Waals surface area contributed by atoms with Gasteiger partial charge in [-0.25, -0.2) is 9.78 Å². The van der Waals surface area contributed by atoms with Gasteiger partial charge >= 0.3 is 12.1 Å². The molecule has 0 unspecified atom stereocenters. The maximum absolute atomic E-state index is 13.3. The Morgan fingerprint density at radius 3 is 2.60 bits per heavy atom. The normalized spacial score (nSPS) is 17.4. The number of fused-ring (bicyclic) bond motifs is 1. The minimum atomic E-state index is -4.65. The van der Waals surface area contributed by atoms with Gasteiger partial charge in [0.15, 0.2) is 5.69 Å². The average molecular weight is 305 g/mol. The van der Waals surface area contributed by atoms with E-state index < -0.39 is 33.9 Å².